The monoisotopic (exact) mass is 486 g/mol. The highest BCUT2D eigenvalue weighted by Gasteiger charge is 2.23. The average Bonchev–Trinajstić information content (AvgIpc) is 3.24. The molecule has 0 bridgehead atoms. The molecule has 0 spiro atoms. The summed E-state index contributed by atoms with van der Waals surface area (Å²) in [4.78, 5) is 34.3. The molecule has 0 saturated carbocycles. The van der Waals surface area contributed by atoms with E-state index in [2.05, 4.69) is 20.0 Å². The Labute approximate surface area is 195 Å². The second-order valence-corrected chi connectivity index (χ2v) is 10.3. The molecule has 1 amide bonds. The zero-order chi connectivity index (χ0) is 23.4. The third-order valence-electron chi connectivity index (χ3n) is 5.07. The van der Waals surface area contributed by atoms with Gasteiger partial charge in [-0.1, -0.05) is 0 Å². The van der Waals surface area contributed by atoms with Gasteiger partial charge in [-0.15, -0.1) is 11.3 Å². The van der Waals surface area contributed by atoms with Gasteiger partial charge in [0, 0.05) is 23.0 Å². The second kappa shape index (κ2) is 9.67. The van der Waals surface area contributed by atoms with E-state index in [0.29, 0.717) is 10.6 Å². The van der Waals surface area contributed by atoms with Gasteiger partial charge in [0.05, 0.1) is 4.90 Å². The molecule has 9 nitrogen and oxygen atoms in total. The van der Waals surface area contributed by atoms with Crippen LogP contribution in [0.1, 0.15) is 39.9 Å². The number of amides is 1. The van der Waals surface area contributed by atoms with E-state index in [1.54, 1.807) is 6.07 Å². The summed E-state index contributed by atoms with van der Waals surface area (Å²) in [6.45, 7) is 1.49. The number of hydrogen-bond acceptors (Lipinski definition) is 8. The Morgan fingerprint density at radius 2 is 1.79 bits per heavy atom. The van der Waals surface area contributed by atoms with Crippen LogP contribution in [0.25, 0.3) is 0 Å². The predicted octanol–water partition coefficient (Wildman–Crippen LogP) is 3.40. The molecule has 3 aromatic rings. The highest BCUT2D eigenvalue weighted by atomic mass is 32.2. The number of esters is 1. The third kappa shape index (κ3) is 5.55. The molecular formula is C22H22N4O5S2. The number of anilines is 2. The quantitative estimate of drug-likeness (QED) is 0.490. The van der Waals surface area contributed by atoms with Crippen LogP contribution < -0.4 is 10.0 Å². The molecule has 33 heavy (non-hydrogen) atoms. The maximum Gasteiger partial charge on any atom is 0.349 e. The van der Waals surface area contributed by atoms with Crippen molar-refractivity contribution in [3.8, 4) is 0 Å². The zero-order valence-electron chi connectivity index (χ0n) is 17.8. The van der Waals surface area contributed by atoms with Gasteiger partial charge in [0.2, 0.25) is 5.95 Å². The van der Waals surface area contributed by atoms with Crippen LogP contribution in [0, 0.1) is 0 Å². The lowest BCUT2D eigenvalue weighted by molar-refractivity contribution is -0.123. The van der Waals surface area contributed by atoms with Crippen LogP contribution in [0.3, 0.4) is 0 Å². The Bertz CT molecular complexity index is 1230. The number of rotatable bonds is 7. The summed E-state index contributed by atoms with van der Waals surface area (Å²) in [6, 6.07) is 9.00. The minimum absolute atomic E-state index is 0.0194. The van der Waals surface area contributed by atoms with E-state index in [1.807, 2.05) is 6.07 Å². The van der Waals surface area contributed by atoms with E-state index in [1.165, 1.54) is 65.4 Å². The molecule has 1 unspecified atom stereocenters. The summed E-state index contributed by atoms with van der Waals surface area (Å²) in [5.74, 6) is -1.08. The van der Waals surface area contributed by atoms with Gasteiger partial charge >= 0.3 is 5.97 Å². The lowest BCUT2D eigenvalue weighted by Gasteiger charge is -2.13. The average molecular weight is 487 g/mol. The molecular weight excluding hydrogens is 464 g/mol. The Kier molecular flexibility index (Phi) is 6.70. The normalized spacial score (nSPS) is 14.1. The van der Waals surface area contributed by atoms with Crippen molar-refractivity contribution in [2.75, 3.05) is 10.0 Å². The first-order valence-corrected chi connectivity index (χ1v) is 12.6. The number of fused-ring (bicyclic) bond motifs is 1. The fraction of sp³-hybridized carbons (Fsp3) is 0.273. The first kappa shape index (κ1) is 22.9. The molecule has 4 rings (SSSR count). The van der Waals surface area contributed by atoms with Crippen LogP contribution in [0.2, 0.25) is 0 Å². The lowest BCUT2D eigenvalue weighted by Crippen LogP contribution is -2.29. The standard InChI is InChI=1S/C22H22N4O5S2/c1-14(31-21(28)19-13-15-5-2-3-6-18(15)32-19)20(27)25-16-7-9-17(10-8-16)33(29,30)26-22-23-11-4-12-24-22/h4,7-14H,2-3,5-6H2,1H3,(H,25,27)(H,23,24,26). The van der Waals surface area contributed by atoms with E-state index in [-0.39, 0.29) is 10.8 Å². The van der Waals surface area contributed by atoms with Crippen molar-refractivity contribution in [3.05, 3.63) is 64.1 Å². The van der Waals surface area contributed by atoms with Gasteiger partial charge in [0.15, 0.2) is 6.10 Å². The molecule has 0 saturated heterocycles. The lowest BCUT2D eigenvalue weighted by atomic mass is 9.99. The van der Waals surface area contributed by atoms with Crippen molar-refractivity contribution in [3.63, 3.8) is 0 Å². The number of sulfonamides is 1. The van der Waals surface area contributed by atoms with Crippen molar-refractivity contribution in [2.24, 2.45) is 0 Å². The molecule has 1 aliphatic carbocycles. The van der Waals surface area contributed by atoms with Gasteiger partial charge in [0.25, 0.3) is 15.9 Å². The van der Waals surface area contributed by atoms with Crippen molar-refractivity contribution in [1.82, 2.24) is 9.97 Å². The van der Waals surface area contributed by atoms with Crippen molar-refractivity contribution in [1.29, 1.82) is 0 Å². The number of nitrogens with zero attached hydrogens (tertiary/aromatic N) is 2. The first-order valence-electron chi connectivity index (χ1n) is 10.4. The number of ether oxygens (including phenoxy) is 1. The van der Waals surface area contributed by atoms with Gasteiger partial charge in [-0.25, -0.2) is 27.9 Å². The van der Waals surface area contributed by atoms with Crippen LogP contribution in [-0.4, -0.2) is 36.4 Å². The summed E-state index contributed by atoms with van der Waals surface area (Å²) in [7, 11) is -3.88. The summed E-state index contributed by atoms with van der Waals surface area (Å²) in [5.41, 5.74) is 1.56. The van der Waals surface area contributed by atoms with Crippen molar-refractivity contribution >= 4 is 44.9 Å². The van der Waals surface area contributed by atoms with E-state index in [0.717, 1.165) is 25.7 Å². The number of carbonyl (C=O) groups excluding carboxylic acids is 2. The first-order chi connectivity index (χ1) is 15.8. The topological polar surface area (TPSA) is 127 Å². The minimum Gasteiger partial charge on any atom is -0.448 e. The van der Waals surface area contributed by atoms with Gasteiger partial charge in [-0.3, -0.25) is 4.79 Å². The molecule has 1 aliphatic rings. The van der Waals surface area contributed by atoms with Crippen molar-refractivity contribution in [2.45, 2.75) is 43.6 Å². The molecule has 2 aromatic heterocycles. The van der Waals surface area contributed by atoms with Crippen LogP contribution >= 0.6 is 11.3 Å². The molecule has 0 radical (unpaired) electrons. The molecule has 2 N–H and O–H groups in total. The zero-order valence-corrected chi connectivity index (χ0v) is 19.4. The maximum absolute atomic E-state index is 12.5. The molecule has 0 fully saturated rings. The van der Waals surface area contributed by atoms with Crippen molar-refractivity contribution < 1.29 is 22.7 Å². The third-order valence-corrected chi connectivity index (χ3v) is 7.64. The van der Waals surface area contributed by atoms with Gasteiger partial charge in [-0.05, 0) is 74.6 Å². The maximum atomic E-state index is 12.5. The molecule has 0 aliphatic heterocycles. The summed E-state index contributed by atoms with van der Waals surface area (Å²) in [5, 5.41) is 2.62. The smallest absolute Gasteiger partial charge is 0.349 e. The van der Waals surface area contributed by atoms with Crippen LogP contribution in [0.5, 0.6) is 0 Å². The van der Waals surface area contributed by atoms with Crippen LogP contribution in [0.15, 0.2) is 53.7 Å². The molecule has 11 heteroatoms. The SMILES string of the molecule is CC(OC(=O)c1cc2c(s1)CCCC2)C(=O)Nc1ccc(S(=O)(=O)Nc2ncccn2)cc1. The molecule has 1 aromatic carbocycles. The predicted molar refractivity (Wildman–Crippen MR) is 124 cm³/mol. The van der Waals surface area contributed by atoms with Gasteiger partial charge in [-0.2, -0.15) is 0 Å². The number of aromatic nitrogens is 2. The summed E-state index contributed by atoms with van der Waals surface area (Å²) < 4.78 is 32.5. The fourth-order valence-electron chi connectivity index (χ4n) is 3.36. The summed E-state index contributed by atoms with van der Waals surface area (Å²) in [6.07, 6.45) is 6.01. The highest BCUT2D eigenvalue weighted by molar-refractivity contribution is 7.92. The van der Waals surface area contributed by atoms with Gasteiger partial charge in [0.1, 0.15) is 4.88 Å². The molecule has 2 heterocycles. The number of nitrogens with one attached hydrogen (secondary N) is 2. The minimum atomic E-state index is -3.88. The number of hydrogen-bond donors (Lipinski definition) is 2. The second-order valence-electron chi connectivity index (χ2n) is 7.51. The van der Waals surface area contributed by atoms with Crippen LogP contribution in [-0.2, 0) is 32.4 Å². The number of carbonyl (C=O) groups is 2. The van der Waals surface area contributed by atoms with E-state index in [4.69, 9.17) is 4.74 Å². The largest absolute Gasteiger partial charge is 0.448 e. The van der Waals surface area contributed by atoms with Gasteiger partial charge < -0.3 is 10.1 Å². The van der Waals surface area contributed by atoms with E-state index in [9.17, 15) is 18.0 Å². The highest BCUT2D eigenvalue weighted by Crippen LogP contribution is 2.30. The molecule has 172 valence electrons. The van der Waals surface area contributed by atoms with E-state index < -0.39 is 28.0 Å². The Morgan fingerprint density at radius 3 is 2.48 bits per heavy atom. The number of thiophene rings is 1. The summed E-state index contributed by atoms with van der Waals surface area (Å²) >= 11 is 1.43. The molecule has 1 atom stereocenters. The fourth-order valence-corrected chi connectivity index (χ4v) is 5.45. The Morgan fingerprint density at radius 1 is 1.09 bits per heavy atom. The Hall–Kier alpha value is -3.31. The Balaban J connectivity index is 1.35. The van der Waals surface area contributed by atoms with Crippen LogP contribution in [0.4, 0.5) is 11.6 Å². The number of aryl methyl sites for hydroxylation is 2. The number of benzene rings is 1. The van der Waals surface area contributed by atoms with E-state index >= 15 is 0 Å².